The third-order valence-electron chi connectivity index (χ3n) is 5.83. The Bertz CT molecular complexity index is 608. The minimum Gasteiger partial charge on any atom is -0.469 e. The second-order valence-corrected chi connectivity index (χ2v) is 10.1. The molecule has 4 heteroatoms. The molecule has 1 rings (SSSR count). The molecule has 0 spiro atoms. The van der Waals surface area contributed by atoms with E-state index in [9.17, 15) is 9.59 Å². The van der Waals surface area contributed by atoms with Crippen molar-refractivity contribution in [3.8, 4) is 0 Å². The number of esters is 2. The van der Waals surface area contributed by atoms with Crippen molar-refractivity contribution in [3.63, 3.8) is 0 Å². The Morgan fingerprint density at radius 2 is 1.13 bits per heavy atom. The molecule has 1 aromatic carbocycles. The second-order valence-electron chi connectivity index (χ2n) is 10.1. The zero-order valence-corrected chi connectivity index (χ0v) is 20.0. The van der Waals surface area contributed by atoms with E-state index < -0.39 is 0 Å². The van der Waals surface area contributed by atoms with E-state index in [-0.39, 0.29) is 22.8 Å². The number of hydrogen-bond acceptors (Lipinski definition) is 4. The van der Waals surface area contributed by atoms with Gasteiger partial charge in [-0.1, -0.05) is 64.8 Å². The maximum Gasteiger partial charge on any atom is 0.306 e. The van der Waals surface area contributed by atoms with Crippen LogP contribution in [0, 0.1) is 10.8 Å². The number of rotatable bonds is 14. The summed E-state index contributed by atoms with van der Waals surface area (Å²) < 4.78 is 9.59. The fourth-order valence-electron chi connectivity index (χ4n) is 3.91. The van der Waals surface area contributed by atoms with E-state index in [0.717, 1.165) is 51.4 Å². The van der Waals surface area contributed by atoms with Gasteiger partial charge in [-0.3, -0.25) is 9.59 Å². The minimum atomic E-state index is -0.124. The van der Waals surface area contributed by atoms with E-state index in [1.807, 2.05) is 0 Å². The van der Waals surface area contributed by atoms with Crippen molar-refractivity contribution >= 4 is 11.9 Å². The highest BCUT2D eigenvalue weighted by atomic mass is 16.5. The first-order valence-corrected chi connectivity index (χ1v) is 11.3. The molecule has 0 fully saturated rings. The van der Waals surface area contributed by atoms with Crippen LogP contribution in [0.2, 0.25) is 0 Å². The summed E-state index contributed by atoms with van der Waals surface area (Å²) in [6.07, 6.45) is 9.68. The molecule has 0 saturated carbocycles. The first-order valence-electron chi connectivity index (χ1n) is 11.3. The van der Waals surface area contributed by atoms with Crippen LogP contribution >= 0.6 is 0 Å². The van der Waals surface area contributed by atoms with Crippen LogP contribution in [0.4, 0.5) is 0 Å². The van der Waals surface area contributed by atoms with Gasteiger partial charge in [0.15, 0.2) is 0 Å². The van der Waals surface area contributed by atoms with E-state index in [1.54, 1.807) is 0 Å². The Hall–Kier alpha value is -1.84. The van der Waals surface area contributed by atoms with E-state index in [4.69, 9.17) is 9.47 Å². The number of carbonyl (C=O) groups is 2. The fraction of sp³-hybridized carbons (Fsp3) is 0.692. The van der Waals surface area contributed by atoms with Crippen molar-refractivity contribution < 1.29 is 19.1 Å². The van der Waals surface area contributed by atoms with Gasteiger partial charge in [0.1, 0.15) is 0 Å². The Labute approximate surface area is 183 Å². The molecular formula is C26H42O4. The van der Waals surface area contributed by atoms with Gasteiger partial charge in [-0.15, -0.1) is 0 Å². The lowest BCUT2D eigenvalue weighted by molar-refractivity contribution is -0.144. The van der Waals surface area contributed by atoms with Gasteiger partial charge in [-0.2, -0.15) is 0 Å². The van der Waals surface area contributed by atoms with E-state index >= 15 is 0 Å². The predicted molar refractivity (Wildman–Crippen MR) is 122 cm³/mol. The molecule has 0 aliphatic carbocycles. The summed E-state index contributed by atoms with van der Waals surface area (Å²) >= 11 is 0. The van der Waals surface area contributed by atoms with Crippen molar-refractivity contribution in [1.29, 1.82) is 0 Å². The molecule has 0 saturated heterocycles. The molecule has 0 aliphatic rings. The van der Waals surface area contributed by atoms with Gasteiger partial charge in [0.2, 0.25) is 0 Å². The molecule has 0 bridgehead atoms. The normalized spacial score (nSPS) is 11.9. The number of carbonyl (C=O) groups excluding carboxylic acids is 2. The summed E-state index contributed by atoms with van der Waals surface area (Å²) in [7, 11) is 2.91. The summed E-state index contributed by atoms with van der Waals surface area (Å²) in [4.78, 5) is 23.0. The zero-order valence-electron chi connectivity index (χ0n) is 20.0. The molecule has 30 heavy (non-hydrogen) atoms. The number of benzene rings is 1. The van der Waals surface area contributed by atoms with Crippen molar-refractivity contribution in [3.05, 3.63) is 35.4 Å². The first-order chi connectivity index (χ1) is 14.1. The first kappa shape index (κ1) is 26.2. The molecule has 4 nitrogen and oxygen atoms in total. The molecule has 1 aromatic rings. The predicted octanol–water partition coefficient (Wildman–Crippen LogP) is 6.29. The lowest BCUT2D eigenvalue weighted by Gasteiger charge is -2.23. The largest absolute Gasteiger partial charge is 0.469 e. The van der Waals surface area contributed by atoms with Gasteiger partial charge in [0.05, 0.1) is 27.1 Å². The van der Waals surface area contributed by atoms with E-state index in [1.165, 1.54) is 25.3 Å². The van der Waals surface area contributed by atoms with Gasteiger partial charge in [0.25, 0.3) is 0 Å². The summed E-state index contributed by atoms with van der Waals surface area (Å²) in [6.45, 7) is 8.54. The highest BCUT2D eigenvalue weighted by molar-refractivity contribution is 5.70. The Morgan fingerprint density at radius 3 is 1.50 bits per heavy atom. The highest BCUT2D eigenvalue weighted by Crippen LogP contribution is 2.29. The SMILES string of the molecule is COC(=O)CC(C)(C)CCCCc1cccc(CCCCC(C)(C)CC(=O)OC)c1. The zero-order chi connectivity index (χ0) is 22.6. The third-order valence-corrected chi connectivity index (χ3v) is 5.83. The van der Waals surface area contributed by atoms with Gasteiger partial charge in [0, 0.05) is 0 Å². The summed E-state index contributed by atoms with van der Waals surface area (Å²) in [6, 6.07) is 8.91. The van der Waals surface area contributed by atoms with E-state index in [2.05, 4.69) is 52.0 Å². The fourth-order valence-corrected chi connectivity index (χ4v) is 3.91. The summed E-state index contributed by atoms with van der Waals surface area (Å²) in [5.41, 5.74) is 2.78. The van der Waals surface area contributed by atoms with Gasteiger partial charge in [-0.25, -0.2) is 0 Å². The van der Waals surface area contributed by atoms with Crippen LogP contribution in [-0.4, -0.2) is 26.2 Å². The van der Waals surface area contributed by atoms with Crippen molar-refractivity contribution in [1.82, 2.24) is 0 Å². The molecule has 0 aromatic heterocycles. The molecule has 0 unspecified atom stereocenters. The maximum atomic E-state index is 11.5. The maximum absolute atomic E-state index is 11.5. The number of unbranched alkanes of at least 4 members (excludes halogenated alkanes) is 2. The van der Waals surface area contributed by atoms with Crippen molar-refractivity contribution in [2.75, 3.05) is 14.2 Å². The topological polar surface area (TPSA) is 52.6 Å². The van der Waals surface area contributed by atoms with Crippen molar-refractivity contribution in [2.24, 2.45) is 10.8 Å². The summed E-state index contributed by atoms with van der Waals surface area (Å²) in [5.74, 6) is -0.247. The average Bonchev–Trinajstić information content (AvgIpc) is 2.68. The van der Waals surface area contributed by atoms with Crippen molar-refractivity contribution in [2.45, 2.75) is 91.9 Å². The van der Waals surface area contributed by atoms with Crippen LogP contribution in [0.15, 0.2) is 24.3 Å². The average molecular weight is 419 g/mol. The molecule has 0 aliphatic heterocycles. The van der Waals surface area contributed by atoms with Gasteiger partial charge < -0.3 is 9.47 Å². The lowest BCUT2D eigenvalue weighted by atomic mass is 9.83. The van der Waals surface area contributed by atoms with Crippen LogP contribution in [0.1, 0.15) is 90.2 Å². The van der Waals surface area contributed by atoms with Crippen LogP contribution in [-0.2, 0) is 31.9 Å². The second kappa shape index (κ2) is 12.8. The monoisotopic (exact) mass is 418 g/mol. The molecule has 170 valence electrons. The number of hydrogen-bond donors (Lipinski definition) is 0. The lowest BCUT2D eigenvalue weighted by Crippen LogP contribution is -2.18. The third kappa shape index (κ3) is 11.4. The van der Waals surface area contributed by atoms with Crippen LogP contribution in [0.25, 0.3) is 0 Å². The van der Waals surface area contributed by atoms with Gasteiger partial charge >= 0.3 is 11.9 Å². The number of aryl methyl sites for hydroxylation is 2. The number of methoxy groups -OCH3 is 2. The molecule has 0 heterocycles. The smallest absolute Gasteiger partial charge is 0.306 e. The molecular weight excluding hydrogens is 376 g/mol. The Balaban J connectivity index is 2.34. The Morgan fingerprint density at radius 1 is 0.733 bits per heavy atom. The molecule has 0 radical (unpaired) electrons. The Kier molecular flexibility index (Phi) is 11.1. The van der Waals surface area contributed by atoms with E-state index in [0.29, 0.717) is 12.8 Å². The van der Waals surface area contributed by atoms with Crippen LogP contribution in [0.5, 0.6) is 0 Å². The van der Waals surface area contributed by atoms with Gasteiger partial charge in [-0.05, 0) is 60.5 Å². The van der Waals surface area contributed by atoms with Crippen LogP contribution < -0.4 is 0 Å². The standard InChI is InChI=1S/C26H42O4/c1-25(2,19-23(27)29-5)16-9-7-12-21-14-11-15-22(18-21)13-8-10-17-26(3,4)20-24(28)30-6/h11,14-15,18H,7-10,12-13,16-17,19-20H2,1-6H3. The molecule has 0 N–H and O–H groups in total. The highest BCUT2D eigenvalue weighted by Gasteiger charge is 2.22. The minimum absolute atomic E-state index is 0.00339. The summed E-state index contributed by atoms with van der Waals surface area (Å²) in [5, 5.41) is 0. The molecule has 0 atom stereocenters. The quantitative estimate of drug-likeness (QED) is 0.263. The molecule has 0 amide bonds. The van der Waals surface area contributed by atoms with Crippen LogP contribution in [0.3, 0.4) is 0 Å². The number of ether oxygens (including phenoxy) is 2.